The second-order valence-electron chi connectivity index (χ2n) is 6.13. The molecule has 1 saturated heterocycles. The van der Waals surface area contributed by atoms with E-state index < -0.39 is 11.9 Å². The Morgan fingerprint density at radius 1 is 1.33 bits per heavy atom. The van der Waals surface area contributed by atoms with Crippen LogP contribution in [0.4, 0.5) is 13.2 Å². The van der Waals surface area contributed by atoms with Crippen LogP contribution < -0.4 is 0 Å². The van der Waals surface area contributed by atoms with Gasteiger partial charge in [-0.1, -0.05) is 12.1 Å². The fourth-order valence-corrected chi connectivity index (χ4v) is 3.10. The highest BCUT2D eigenvalue weighted by molar-refractivity contribution is 5.12. The molecule has 0 aliphatic carbocycles. The van der Waals surface area contributed by atoms with E-state index in [0.29, 0.717) is 37.0 Å². The zero-order valence-electron chi connectivity index (χ0n) is 13.7. The summed E-state index contributed by atoms with van der Waals surface area (Å²) in [6, 6.07) is 0. The molecule has 9 heteroatoms. The fraction of sp³-hybridized carbons (Fsp3) is 0.667. The van der Waals surface area contributed by atoms with Gasteiger partial charge in [-0.2, -0.15) is 18.2 Å². The Bertz CT molecular complexity index is 694. The number of imidazole rings is 1. The number of rotatable bonds is 4. The van der Waals surface area contributed by atoms with Crippen LogP contribution in [0.2, 0.25) is 0 Å². The van der Waals surface area contributed by atoms with Gasteiger partial charge in [-0.05, 0) is 19.4 Å². The molecule has 3 rings (SSSR count). The topological polar surface area (TPSA) is 60.0 Å². The van der Waals surface area contributed by atoms with E-state index in [2.05, 4.69) is 20.0 Å². The van der Waals surface area contributed by atoms with Crippen LogP contribution in [0.1, 0.15) is 48.9 Å². The minimum Gasteiger partial charge on any atom is -0.339 e. The Morgan fingerprint density at radius 2 is 2.12 bits per heavy atom. The van der Waals surface area contributed by atoms with E-state index in [9.17, 15) is 13.2 Å². The molecule has 0 unspecified atom stereocenters. The van der Waals surface area contributed by atoms with Gasteiger partial charge in [-0.3, -0.25) is 4.90 Å². The molecule has 132 valence electrons. The molecule has 1 atom stereocenters. The van der Waals surface area contributed by atoms with Crippen molar-refractivity contribution >= 4 is 0 Å². The van der Waals surface area contributed by atoms with Gasteiger partial charge in [0.25, 0.3) is 0 Å². The van der Waals surface area contributed by atoms with Crippen molar-refractivity contribution in [1.82, 2.24) is 24.6 Å². The zero-order valence-corrected chi connectivity index (χ0v) is 13.7. The van der Waals surface area contributed by atoms with Crippen LogP contribution in [-0.2, 0) is 26.2 Å². The summed E-state index contributed by atoms with van der Waals surface area (Å²) >= 11 is 0. The molecule has 1 aliphatic rings. The van der Waals surface area contributed by atoms with Gasteiger partial charge < -0.3 is 9.09 Å². The summed E-state index contributed by atoms with van der Waals surface area (Å²) in [4.78, 5) is 10.2. The summed E-state index contributed by atoms with van der Waals surface area (Å²) in [5.74, 6) is 1.66. The fourth-order valence-electron chi connectivity index (χ4n) is 3.10. The van der Waals surface area contributed by atoms with Crippen LogP contribution in [-0.4, -0.2) is 37.7 Å². The highest BCUT2D eigenvalue weighted by atomic mass is 19.4. The maximum Gasteiger partial charge on any atom is 0.434 e. The molecule has 24 heavy (non-hydrogen) atoms. The highest BCUT2D eigenvalue weighted by Crippen LogP contribution is 2.32. The number of hydrogen-bond acceptors (Lipinski definition) is 5. The number of likely N-dealkylation sites (tertiary alicyclic amines) is 1. The van der Waals surface area contributed by atoms with E-state index in [1.807, 2.05) is 6.92 Å². The first-order valence-corrected chi connectivity index (χ1v) is 8.01. The van der Waals surface area contributed by atoms with Crippen molar-refractivity contribution < 1.29 is 17.7 Å². The molecule has 6 nitrogen and oxygen atoms in total. The Balaban J connectivity index is 1.70. The Labute approximate surface area is 137 Å². The summed E-state index contributed by atoms with van der Waals surface area (Å²) in [6.45, 7) is 3.98. The molecule has 0 aromatic carbocycles. The molecule has 0 saturated carbocycles. The van der Waals surface area contributed by atoms with Crippen molar-refractivity contribution in [2.75, 3.05) is 13.1 Å². The third kappa shape index (κ3) is 3.61. The molecule has 0 spiro atoms. The van der Waals surface area contributed by atoms with Gasteiger partial charge in [0.1, 0.15) is 5.82 Å². The van der Waals surface area contributed by atoms with Gasteiger partial charge >= 0.3 is 6.18 Å². The van der Waals surface area contributed by atoms with Gasteiger partial charge in [0.05, 0.1) is 6.54 Å². The van der Waals surface area contributed by atoms with Crippen LogP contribution in [0, 0.1) is 0 Å². The van der Waals surface area contributed by atoms with Gasteiger partial charge in [0.15, 0.2) is 11.5 Å². The number of aromatic nitrogens is 4. The molecular weight excluding hydrogens is 323 g/mol. The first-order valence-electron chi connectivity index (χ1n) is 8.01. The Morgan fingerprint density at radius 3 is 2.75 bits per heavy atom. The lowest BCUT2D eigenvalue weighted by molar-refractivity contribution is -0.141. The van der Waals surface area contributed by atoms with Crippen molar-refractivity contribution in [2.45, 2.75) is 44.8 Å². The monoisotopic (exact) mass is 343 g/mol. The molecule has 0 radical (unpaired) electrons. The maximum absolute atomic E-state index is 12.8. The predicted octanol–water partition coefficient (Wildman–Crippen LogP) is 2.76. The number of hydrogen-bond donors (Lipinski definition) is 0. The van der Waals surface area contributed by atoms with Crippen molar-refractivity contribution in [1.29, 1.82) is 0 Å². The molecule has 0 amide bonds. The lowest BCUT2D eigenvalue weighted by Gasteiger charge is -2.31. The normalized spacial score (nSPS) is 19.8. The van der Waals surface area contributed by atoms with Crippen molar-refractivity contribution in [3.8, 4) is 0 Å². The van der Waals surface area contributed by atoms with Crippen molar-refractivity contribution in [3.63, 3.8) is 0 Å². The van der Waals surface area contributed by atoms with Crippen molar-refractivity contribution in [2.24, 2.45) is 7.05 Å². The quantitative estimate of drug-likeness (QED) is 0.854. The van der Waals surface area contributed by atoms with Crippen LogP contribution >= 0.6 is 0 Å². The predicted molar refractivity (Wildman–Crippen MR) is 79.1 cm³/mol. The molecule has 0 N–H and O–H groups in total. The summed E-state index contributed by atoms with van der Waals surface area (Å²) in [6.07, 6.45) is -0.946. The maximum atomic E-state index is 12.8. The van der Waals surface area contributed by atoms with E-state index in [4.69, 9.17) is 4.52 Å². The Kier molecular flexibility index (Phi) is 4.62. The van der Waals surface area contributed by atoms with E-state index in [-0.39, 0.29) is 5.92 Å². The number of halogens is 3. The number of alkyl halides is 3. The third-order valence-corrected chi connectivity index (χ3v) is 4.25. The van der Waals surface area contributed by atoms with Gasteiger partial charge in [0, 0.05) is 32.1 Å². The second-order valence-corrected chi connectivity index (χ2v) is 6.13. The first-order chi connectivity index (χ1) is 11.4. The van der Waals surface area contributed by atoms with Gasteiger partial charge in [-0.15, -0.1) is 0 Å². The zero-order chi connectivity index (χ0) is 17.3. The van der Waals surface area contributed by atoms with E-state index >= 15 is 0 Å². The van der Waals surface area contributed by atoms with Gasteiger partial charge in [0.2, 0.25) is 5.89 Å². The average Bonchev–Trinajstić information content (AvgIpc) is 3.13. The summed E-state index contributed by atoms with van der Waals surface area (Å²) in [7, 11) is 1.61. The minimum absolute atomic E-state index is 0.0302. The molecule has 0 bridgehead atoms. The highest BCUT2D eigenvalue weighted by Gasteiger charge is 2.36. The SMILES string of the molecule is CCc1nc(CN2CCC[C@@H](c3nc(C(F)(F)F)cn3C)C2)no1. The van der Waals surface area contributed by atoms with Crippen molar-refractivity contribution in [3.05, 3.63) is 29.4 Å². The third-order valence-electron chi connectivity index (χ3n) is 4.25. The van der Waals surface area contributed by atoms with Crippen LogP contribution in [0.3, 0.4) is 0 Å². The molecule has 3 heterocycles. The summed E-state index contributed by atoms with van der Waals surface area (Å²) < 4.78 is 45.1. The van der Waals surface area contributed by atoms with Crippen LogP contribution in [0.5, 0.6) is 0 Å². The standard InChI is InChI=1S/C15H20F3N5O/c1-3-13-20-12(21-24-13)9-23-6-4-5-10(7-23)14-19-11(8-22(14)2)15(16,17)18/h8,10H,3-7,9H2,1-2H3/t10-/m1/s1. The van der Waals surface area contributed by atoms with E-state index in [1.54, 1.807) is 7.05 Å². The first kappa shape index (κ1) is 16.9. The molecular formula is C15H20F3N5O. The second kappa shape index (κ2) is 6.54. The number of nitrogens with zero attached hydrogens (tertiary/aromatic N) is 5. The molecule has 2 aromatic heterocycles. The smallest absolute Gasteiger partial charge is 0.339 e. The molecule has 1 fully saturated rings. The summed E-state index contributed by atoms with van der Waals surface area (Å²) in [5, 5.41) is 3.94. The molecule has 1 aliphatic heterocycles. The minimum atomic E-state index is -4.41. The van der Waals surface area contributed by atoms with E-state index in [0.717, 1.165) is 25.6 Å². The largest absolute Gasteiger partial charge is 0.434 e. The van der Waals surface area contributed by atoms with Crippen LogP contribution in [0.25, 0.3) is 0 Å². The lowest BCUT2D eigenvalue weighted by Crippen LogP contribution is -2.35. The average molecular weight is 343 g/mol. The van der Waals surface area contributed by atoms with Crippen LogP contribution in [0.15, 0.2) is 10.7 Å². The number of aryl methyl sites for hydroxylation is 2. The van der Waals surface area contributed by atoms with Gasteiger partial charge in [-0.25, -0.2) is 4.98 Å². The summed E-state index contributed by atoms with van der Waals surface area (Å²) in [5.41, 5.74) is -0.831. The van der Waals surface area contributed by atoms with E-state index in [1.165, 1.54) is 4.57 Å². The molecule has 2 aromatic rings. The lowest BCUT2D eigenvalue weighted by atomic mass is 9.97. The Hall–Kier alpha value is -1.90. The number of piperidine rings is 1.